The molecule has 1 amide bonds. The number of rotatable bonds is 5. The Bertz CT molecular complexity index is 843. The highest BCUT2D eigenvalue weighted by Crippen LogP contribution is 2.21. The molecule has 0 atom stereocenters. The lowest BCUT2D eigenvalue weighted by Gasteiger charge is -2.07. The van der Waals surface area contributed by atoms with Crippen LogP contribution in [-0.4, -0.2) is 17.6 Å². The van der Waals surface area contributed by atoms with E-state index >= 15 is 0 Å². The molecule has 6 heteroatoms. The number of para-hydroxylation sites is 1. The number of anilines is 1. The Morgan fingerprint density at radius 1 is 1.17 bits per heavy atom. The third-order valence-electron chi connectivity index (χ3n) is 3.00. The fourth-order valence-corrected chi connectivity index (χ4v) is 1.89. The first-order valence-corrected chi connectivity index (χ1v) is 6.95. The van der Waals surface area contributed by atoms with Gasteiger partial charge in [0, 0.05) is 11.3 Å². The maximum Gasteiger partial charge on any atom is 0.266 e. The van der Waals surface area contributed by atoms with Crippen molar-refractivity contribution in [3.8, 4) is 23.6 Å². The van der Waals surface area contributed by atoms with E-state index in [0.29, 0.717) is 17.0 Å². The van der Waals surface area contributed by atoms with Crippen LogP contribution in [0.15, 0.2) is 54.1 Å². The number of carbonyl (C=O) groups is 1. The van der Waals surface area contributed by atoms with E-state index in [2.05, 4.69) is 5.32 Å². The van der Waals surface area contributed by atoms with Crippen LogP contribution >= 0.6 is 0 Å². The van der Waals surface area contributed by atoms with Gasteiger partial charge in [0.05, 0.1) is 0 Å². The molecule has 24 heavy (non-hydrogen) atoms. The molecule has 0 aromatic heterocycles. The molecule has 2 aromatic carbocycles. The summed E-state index contributed by atoms with van der Waals surface area (Å²) >= 11 is 0. The highest BCUT2D eigenvalue weighted by atomic mass is 16.5. The number of hydrogen-bond acceptors (Lipinski definition) is 5. The smallest absolute Gasteiger partial charge is 0.266 e. The number of phenolic OH excluding ortho intramolecular Hbond substituents is 1. The summed E-state index contributed by atoms with van der Waals surface area (Å²) in [5.41, 5.74) is 0.856. The highest BCUT2D eigenvalue weighted by Gasteiger charge is 2.11. The van der Waals surface area contributed by atoms with Crippen molar-refractivity contribution in [3.63, 3.8) is 0 Å². The zero-order chi connectivity index (χ0) is 17.4. The van der Waals surface area contributed by atoms with Crippen molar-refractivity contribution in [1.82, 2.24) is 0 Å². The summed E-state index contributed by atoms with van der Waals surface area (Å²) in [5.74, 6) is -0.102. The Labute approximate surface area is 138 Å². The SMILES string of the molecule is N#CCOc1ccccc1/C=C(\C#N)C(=O)Nc1ccc(O)cc1. The van der Waals surface area contributed by atoms with Crippen molar-refractivity contribution in [3.05, 3.63) is 59.7 Å². The number of nitriles is 2. The van der Waals surface area contributed by atoms with E-state index in [1.165, 1.54) is 30.3 Å². The molecule has 2 N–H and O–H groups in total. The van der Waals surface area contributed by atoms with Crippen molar-refractivity contribution in [2.45, 2.75) is 0 Å². The van der Waals surface area contributed by atoms with E-state index in [1.807, 2.05) is 12.1 Å². The number of nitrogens with one attached hydrogen (secondary N) is 1. The average Bonchev–Trinajstić information content (AvgIpc) is 2.60. The number of carbonyl (C=O) groups excluding carboxylic acids is 1. The molecular weight excluding hydrogens is 306 g/mol. The molecule has 2 aromatic rings. The van der Waals surface area contributed by atoms with Gasteiger partial charge in [-0.05, 0) is 36.4 Å². The van der Waals surface area contributed by atoms with Crippen molar-refractivity contribution in [1.29, 1.82) is 10.5 Å². The fraction of sp³-hybridized carbons (Fsp3) is 0.0556. The summed E-state index contributed by atoms with van der Waals surface area (Å²) in [4.78, 5) is 12.2. The fourth-order valence-electron chi connectivity index (χ4n) is 1.89. The quantitative estimate of drug-likeness (QED) is 0.501. The van der Waals surface area contributed by atoms with Gasteiger partial charge in [0.25, 0.3) is 5.91 Å². The number of benzene rings is 2. The zero-order valence-electron chi connectivity index (χ0n) is 12.6. The molecule has 0 heterocycles. The minimum absolute atomic E-state index is 0.0765. The van der Waals surface area contributed by atoms with Gasteiger partial charge in [-0.1, -0.05) is 18.2 Å². The normalized spacial score (nSPS) is 10.3. The first kappa shape index (κ1) is 16.6. The van der Waals surface area contributed by atoms with E-state index in [9.17, 15) is 15.2 Å². The molecule has 0 unspecified atom stereocenters. The van der Waals surface area contributed by atoms with E-state index in [0.717, 1.165) is 0 Å². The summed E-state index contributed by atoms with van der Waals surface area (Å²) in [6.45, 7) is -0.132. The molecule has 0 aliphatic heterocycles. The Balaban J connectivity index is 2.23. The van der Waals surface area contributed by atoms with Crippen molar-refractivity contribution < 1.29 is 14.6 Å². The molecule has 118 valence electrons. The van der Waals surface area contributed by atoms with Gasteiger partial charge in [-0.3, -0.25) is 4.79 Å². The summed E-state index contributed by atoms with van der Waals surface area (Å²) in [5, 5.41) is 29.6. The van der Waals surface area contributed by atoms with Crippen LogP contribution in [0.1, 0.15) is 5.56 Å². The zero-order valence-corrected chi connectivity index (χ0v) is 12.6. The second kappa shape index (κ2) is 8.02. The molecule has 0 aliphatic rings. The third-order valence-corrected chi connectivity index (χ3v) is 3.00. The molecular formula is C18H13N3O3. The number of nitrogens with zero attached hydrogens (tertiary/aromatic N) is 2. The van der Waals surface area contributed by atoms with E-state index < -0.39 is 5.91 Å². The van der Waals surface area contributed by atoms with Gasteiger partial charge in [-0.15, -0.1) is 0 Å². The van der Waals surface area contributed by atoms with Crippen molar-refractivity contribution in [2.75, 3.05) is 11.9 Å². The monoisotopic (exact) mass is 319 g/mol. The van der Waals surface area contributed by atoms with Crippen LogP contribution in [0.2, 0.25) is 0 Å². The van der Waals surface area contributed by atoms with Gasteiger partial charge in [0.15, 0.2) is 6.61 Å². The van der Waals surface area contributed by atoms with Crippen LogP contribution in [0.5, 0.6) is 11.5 Å². The minimum atomic E-state index is -0.585. The summed E-state index contributed by atoms with van der Waals surface area (Å²) in [6.07, 6.45) is 1.39. The molecule has 0 saturated heterocycles. The van der Waals surface area contributed by atoms with E-state index in [-0.39, 0.29) is 17.9 Å². The Kier molecular flexibility index (Phi) is 5.55. The van der Waals surface area contributed by atoms with Gasteiger partial charge in [0.2, 0.25) is 0 Å². The predicted octanol–water partition coefficient (Wildman–Crippen LogP) is 2.84. The highest BCUT2D eigenvalue weighted by molar-refractivity contribution is 6.09. The number of aromatic hydroxyl groups is 1. The minimum Gasteiger partial charge on any atom is -0.508 e. The molecule has 0 fully saturated rings. The van der Waals surface area contributed by atoms with Crippen LogP contribution in [-0.2, 0) is 4.79 Å². The number of hydrogen-bond donors (Lipinski definition) is 2. The van der Waals surface area contributed by atoms with Crippen molar-refractivity contribution >= 4 is 17.7 Å². The Morgan fingerprint density at radius 2 is 1.88 bits per heavy atom. The Morgan fingerprint density at radius 3 is 2.54 bits per heavy atom. The van der Waals surface area contributed by atoms with Gasteiger partial charge in [-0.25, -0.2) is 0 Å². The molecule has 0 aliphatic carbocycles. The lowest BCUT2D eigenvalue weighted by atomic mass is 10.1. The molecule has 0 saturated carbocycles. The van der Waals surface area contributed by atoms with Crippen LogP contribution in [0, 0.1) is 22.7 Å². The van der Waals surface area contributed by atoms with Gasteiger partial charge >= 0.3 is 0 Å². The number of ether oxygens (including phenoxy) is 1. The van der Waals surface area contributed by atoms with Crippen LogP contribution in [0.3, 0.4) is 0 Å². The van der Waals surface area contributed by atoms with Gasteiger partial charge < -0.3 is 15.2 Å². The van der Waals surface area contributed by atoms with E-state index in [1.54, 1.807) is 24.3 Å². The molecule has 2 rings (SSSR count). The third kappa shape index (κ3) is 4.36. The number of phenols is 1. The van der Waals surface area contributed by atoms with Gasteiger partial charge in [0.1, 0.15) is 29.2 Å². The molecule has 0 spiro atoms. The van der Waals surface area contributed by atoms with Crippen LogP contribution in [0.4, 0.5) is 5.69 Å². The molecule has 6 nitrogen and oxygen atoms in total. The summed E-state index contributed by atoms with van der Waals surface area (Å²) < 4.78 is 5.27. The van der Waals surface area contributed by atoms with E-state index in [4.69, 9.17) is 10.00 Å². The lowest BCUT2D eigenvalue weighted by Crippen LogP contribution is -2.13. The first-order chi connectivity index (χ1) is 11.6. The number of amides is 1. The molecule has 0 bridgehead atoms. The lowest BCUT2D eigenvalue weighted by molar-refractivity contribution is -0.112. The largest absolute Gasteiger partial charge is 0.508 e. The average molecular weight is 319 g/mol. The Hall–Kier alpha value is -3.77. The maximum absolute atomic E-state index is 12.2. The second-order valence-corrected chi connectivity index (χ2v) is 4.66. The maximum atomic E-state index is 12.2. The first-order valence-electron chi connectivity index (χ1n) is 6.95. The summed E-state index contributed by atoms with van der Waals surface area (Å²) in [7, 11) is 0. The second-order valence-electron chi connectivity index (χ2n) is 4.66. The van der Waals surface area contributed by atoms with Crippen LogP contribution in [0.25, 0.3) is 6.08 Å². The summed E-state index contributed by atoms with van der Waals surface area (Å²) in [6, 6.07) is 16.4. The standard InChI is InChI=1S/C18H13N3O3/c19-9-10-24-17-4-2-1-3-13(17)11-14(12-20)18(23)21-15-5-7-16(22)8-6-15/h1-8,11,22H,10H2,(H,21,23)/b14-11+. The topological polar surface area (TPSA) is 106 Å². The molecule has 0 radical (unpaired) electrons. The predicted molar refractivity (Wildman–Crippen MR) is 87.9 cm³/mol. The van der Waals surface area contributed by atoms with Crippen molar-refractivity contribution in [2.24, 2.45) is 0 Å². The van der Waals surface area contributed by atoms with Gasteiger partial charge in [-0.2, -0.15) is 10.5 Å². The van der Waals surface area contributed by atoms with Crippen LogP contribution < -0.4 is 10.1 Å².